The number of carbonyl (C=O) groups is 1. The Bertz CT molecular complexity index is 1110. The quantitative estimate of drug-likeness (QED) is 0.275. The maximum Gasteiger partial charge on any atom is 0.258 e. The maximum absolute atomic E-state index is 15.1. The first-order valence-corrected chi connectivity index (χ1v) is 13.0. The van der Waals surface area contributed by atoms with Gasteiger partial charge in [0.2, 0.25) is 0 Å². The van der Waals surface area contributed by atoms with Crippen LogP contribution in [0.1, 0.15) is 74.0 Å². The van der Waals surface area contributed by atoms with Crippen LogP contribution in [0.5, 0.6) is 0 Å². The van der Waals surface area contributed by atoms with E-state index in [1.165, 1.54) is 31.4 Å². The van der Waals surface area contributed by atoms with E-state index in [0.29, 0.717) is 24.5 Å². The molecule has 0 bridgehead atoms. The second kappa shape index (κ2) is 12.9. The molecule has 1 atom stereocenters. The zero-order valence-corrected chi connectivity index (χ0v) is 21.0. The molecule has 37 heavy (non-hydrogen) atoms. The number of anilines is 1. The van der Waals surface area contributed by atoms with Crippen LogP contribution in [0.4, 0.5) is 18.9 Å². The van der Waals surface area contributed by atoms with Crippen LogP contribution in [-0.2, 0) is 4.74 Å². The van der Waals surface area contributed by atoms with Gasteiger partial charge in [-0.1, -0.05) is 44.2 Å². The topological polar surface area (TPSA) is 78.0 Å². The number of rotatable bonds is 7. The molecule has 1 aliphatic heterocycles. The van der Waals surface area contributed by atoms with Crippen LogP contribution in [0.2, 0.25) is 0 Å². The first-order chi connectivity index (χ1) is 18.0. The summed E-state index contributed by atoms with van der Waals surface area (Å²) in [5.41, 5.74) is 4.52. The van der Waals surface area contributed by atoms with Crippen molar-refractivity contribution in [3.05, 3.63) is 65.0 Å². The largest absolute Gasteiger partial charge is 0.380 e. The number of hydrogen-bond donors (Lipinski definition) is 3. The van der Waals surface area contributed by atoms with E-state index in [2.05, 4.69) is 21.1 Å². The summed E-state index contributed by atoms with van der Waals surface area (Å²) in [7, 11) is 0. The van der Waals surface area contributed by atoms with Crippen LogP contribution in [0.25, 0.3) is 0 Å². The summed E-state index contributed by atoms with van der Waals surface area (Å²) < 4.78 is 47.5. The van der Waals surface area contributed by atoms with Crippen LogP contribution < -0.4 is 21.1 Å². The van der Waals surface area contributed by atoms with E-state index in [1.807, 2.05) is 18.0 Å². The van der Waals surface area contributed by atoms with Gasteiger partial charge in [0.15, 0.2) is 17.6 Å². The third-order valence-corrected chi connectivity index (χ3v) is 6.68. The molecule has 2 aromatic carbocycles. The first kappa shape index (κ1) is 26.9. The van der Waals surface area contributed by atoms with Crippen LogP contribution in [0.15, 0.2) is 41.4 Å². The van der Waals surface area contributed by atoms with Crippen LogP contribution in [-0.4, -0.2) is 37.7 Å². The minimum atomic E-state index is -1.12. The van der Waals surface area contributed by atoms with Crippen molar-refractivity contribution >= 4 is 17.6 Å². The number of hydrogen-bond acceptors (Lipinski definition) is 5. The van der Waals surface area contributed by atoms with Crippen molar-refractivity contribution in [3.63, 3.8) is 0 Å². The van der Waals surface area contributed by atoms with Crippen LogP contribution in [0, 0.1) is 17.5 Å². The van der Waals surface area contributed by atoms with Gasteiger partial charge in [0, 0.05) is 23.8 Å². The fraction of sp³-hybridized carbons (Fsp3) is 0.481. The number of ether oxygens (including phenoxy) is 1. The second-order valence-electron chi connectivity index (χ2n) is 9.26. The molecular weight excluding hydrogens is 483 g/mol. The number of aliphatic imine (C=N–C) groups is 1. The monoisotopic (exact) mass is 517 g/mol. The number of nitrogens with one attached hydrogen (secondary N) is 3. The van der Waals surface area contributed by atoms with Gasteiger partial charge in [-0.2, -0.15) is 0 Å². The average molecular weight is 518 g/mol. The molecule has 7 nitrogen and oxygen atoms in total. The standard InChI is InChI=1S/C27H34F3N5O2/c1-2-37-16-15-31-27(33-26(36)18-13-14-21(28)23(30)17-18)32-25-20-11-8-12-22(29)24(20)35(34-25)19-9-6-4-3-5-7-10-19/h8,11-14,17,19,25,34H,2-7,9-10,15-16H2,1H3,(H2,31,32,33,36). The lowest BCUT2D eigenvalue weighted by Crippen LogP contribution is -2.50. The molecule has 1 amide bonds. The fourth-order valence-electron chi connectivity index (χ4n) is 4.82. The lowest BCUT2D eigenvalue weighted by atomic mass is 9.96. The lowest BCUT2D eigenvalue weighted by molar-refractivity contribution is 0.0974. The van der Waals surface area contributed by atoms with Gasteiger partial charge in [-0.25, -0.2) is 18.6 Å². The Balaban J connectivity index is 1.55. The molecule has 0 radical (unpaired) electrons. The number of guanidine groups is 1. The van der Waals surface area contributed by atoms with Crippen molar-refractivity contribution < 1.29 is 22.7 Å². The molecular formula is C27H34F3N5O2. The smallest absolute Gasteiger partial charge is 0.258 e. The van der Waals surface area contributed by atoms with Crippen molar-refractivity contribution in [2.24, 2.45) is 4.99 Å². The molecule has 0 saturated heterocycles. The summed E-state index contributed by atoms with van der Waals surface area (Å²) in [5, 5.41) is 7.74. The van der Waals surface area contributed by atoms with Crippen molar-refractivity contribution in [2.75, 3.05) is 24.8 Å². The number of carbonyl (C=O) groups excluding carboxylic acids is 1. The van der Waals surface area contributed by atoms with Crippen molar-refractivity contribution in [1.82, 2.24) is 16.1 Å². The molecule has 1 fully saturated rings. The van der Waals surface area contributed by atoms with Crippen LogP contribution in [0.3, 0.4) is 0 Å². The molecule has 1 aliphatic carbocycles. The number of para-hydroxylation sites is 1. The maximum atomic E-state index is 15.1. The molecule has 10 heteroatoms. The Labute approximate surface area is 215 Å². The van der Waals surface area contributed by atoms with E-state index in [1.54, 1.807) is 6.07 Å². The van der Waals surface area contributed by atoms with E-state index in [4.69, 9.17) is 4.74 Å². The average Bonchev–Trinajstić information content (AvgIpc) is 3.22. The normalized spacial score (nSPS) is 18.8. The number of amides is 1. The predicted octanol–water partition coefficient (Wildman–Crippen LogP) is 4.95. The number of halogens is 3. The van der Waals surface area contributed by atoms with E-state index >= 15 is 4.39 Å². The summed E-state index contributed by atoms with van der Waals surface area (Å²) in [6, 6.07) is 7.99. The Kier molecular flexibility index (Phi) is 9.40. The van der Waals surface area contributed by atoms with Gasteiger partial charge in [-0.15, -0.1) is 0 Å². The van der Waals surface area contributed by atoms with Crippen LogP contribution >= 0.6 is 0 Å². The second-order valence-corrected chi connectivity index (χ2v) is 9.26. The Morgan fingerprint density at radius 2 is 1.81 bits per heavy atom. The number of benzene rings is 2. The Hall–Kier alpha value is -3.11. The van der Waals surface area contributed by atoms with Gasteiger partial charge in [-0.3, -0.25) is 20.1 Å². The summed E-state index contributed by atoms with van der Waals surface area (Å²) >= 11 is 0. The molecule has 2 aliphatic rings. The van der Waals surface area contributed by atoms with E-state index in [9.17, 15) is 13.6 Å². The first-order valence-electron chi connectivity index (χ1n) is 13.0. The molecule has 2 aromatic rings. The summed E-state index contributed by atoms with van der Waals surface area (Å²) in [6.45, 7) is 2.97. The van der Waals surface area contributed by atoms with E-state index in [0.717, 1.165) is 37.8 Å². The SMILES string of the molecule is CCOCCN=C(NC(=O)c1ccc(F)c(F)c1)NC1NN(C2CCCCCCC2)c2c(F)cccc21. The zero-order chi connectivity index (χ0) is 26.2. The number of hydrazine groups is 1. The summed E-state index contributed by atoms with van der Waals surface area (Å²) in [5.74, 6) is -3.02. The third kappa shape index (κ3) is 6.81. The third-order valence-electron chi connectivity index (χ3n) is 6.68. The molecule has 0 aromatic heterocycles. The van der Waals surface area contributed by atoms with Gasteiger partial charge in [0.05, 0.1) is 18.8 Å². The van der Waals surface area contributed by atoms with Crippen molar-refractivity contribution in [3.8, 4) is 0 Å². The van der Waals surface area contributed by atoms with Crippen molar-refractivity contribution in [1.29, 1.82) is 0 Å². The molecule has 4 rings (SSSR count). The fourth-order valence-corrected chi connectivity index (χ4v) is 4.82. The van der Waals surface area contributed by atoms with Gasteiger partial charge in [0.25, 0.3) is 5.91 Å². The van der Waals surface area contributed by atoms with Gasteiger partial charge < -0.3 is 10.1 Å². The van der Waals surface area contributed by atoms with E-state index < -0.39 is 23.7 Å². The van der Waals surface area contributed by atoms with E-state index in [-0.39, 0.29) is 29.9 Å². The van der Waals surface area contributed by atoms with Crippen molar-refractivity contribution in [2.45, 2.75) is 64.1 Å². The molecule has 0 spiro atoms. The van der Waals surface area contributed by atoms with Gasteiger partial charge >= 0.3 is 0 Å². The number of nitrogens with zero attached hydrogens (tertiary/aromatic N) is 2. The lowest BCUT2D eigenvalue weighted by Gasteiger charge is -2.32. The Morgan fingerprint density at radius 1 is 1.05 bits per heavy atom. The Morgan fingerprint density at radius 3 is 2.54 bits per heavy atom. The summed E-state index contributed by atoms with van der Waals surface area (Å²) in [4.78, 5) is 17.2. The highest BCUT2D eigenvalue weighted by Gasteiger charge is 2.35. The highest BCUT2D eigenvalue weighted by molar-refractivity contribution is 6.05. The zero-order valence-electron chi connectivity index (χ0n) is 21.0. The molecule has 1 heterocycles. The minimum absolute atomic E-state index is 0.0554. The highest BCUT2D eigenvalue weighted by atomic mass is 19.2. The minimum Gasteiger partial charge on any atom is -0.380 e. The predicted molar refractivity (Wildman–Crippen MR) is 137 cm³/mol. The molecule has 1 saturated carbocycles. The molecule has 3 N–H and O–H groups in total. The number of fused-ring (bicyclic) bond motifs is 1. The van der Waals surface area contributed by atoms with Gasteiger partial charge in [0.1, 0.15) is 12.0 Å². The highest BCUT2D eigenvalue weighted by Crippen LogP contribution is 2.37. The summed E-state index contributed by atoms with van der Waals surface area (Å²) in [6.07, 6.45) is 7.08. The molecule has 1 unspecified atom stereocenters. The van der Waals surface area contributed by atoms with Gasteiger partial charge in [-0.05, 0) is 44.0 Å². The molecule has 200 valence electrons.